The van der Waals surface area contributed by atoms with Crippen molar-refractivity contribution in [3.05, 3.63) is 0 Å². The Kier molecular flexibility index (Phi) is 6.93. The van der Waals surface area contributed by atoms with Crippen LogP contribution in [0.15, 0.2) is 0 Å². The minimum absolute atomic E-state index is 0.0908. The van der Waals surface area contributed by atoms with Gasteiger partial charge in [-0.2, -0.15) is 0 Å². The second kappa shape index (κ2) is 8.46. The first-order chi connectivity index (χ1) is 10.0. The summed E-state index contributed by atoms with van der Waals surface area (Å²) >= 11 is 0. The van der Waals surface area contributed by atoms with Crippen LogP contribution in [-0.4, -0.2) is 67.9 Å². The first-order valence-corrected chi connectivity index (χ1v) is 7.04. The van der Waals surface area contributed by atoms with E-state index in [0.717, 1.165) is 0 Å². The van der Waals surface area contributed by atoms with Crippen LogP contribution in [0.1, 0.15) is 20.8 Å². The number of esters is 2. The van der Waals surface area contributed by atoms with E-state index < -0.39 is 30.1 Å². The molecule has 8 nitrogen and oxygen atoms in total. The molecule has 8 heteroatoms. The minimum atomic E-state index is -0.780. The molecule has 0 aromatic carbocycles. The van der Waals surface area contributed by atoms with Crippen molar-refractivity contribution >= 4 is 18.0 Å². The quantitative estimate of drug-likeness (QED) is 0.560. The maximum Gasteiger partial charge on any atom is 0.409 e. The topological polar surface area (TPSA) is 94.2 Å². The van der Waals surface area contributed by atoms with Crippen molar-refractivity contribution < 1.29 is 28.6 Å². The number of amides is 1. The molecule has 1 heterocycles. The molecule has 0 bridgehead atoms. The number of piperazine rings is 1. The van der Waals surface area contributed by atoms with E-state index in [2.05, 4.69) is 5.32 Å². The molecular weight excluding hydrogens is 280 g/mol. The fraction of sp³-hybridized carbons (Fsp3) is 0.769. The summed E-state index contributed by atoms with van der Waals surface area (Å²) in [6, 6.07) is -1.56. The molecule has 1 fully saturated rings. The molecule has 1 rings (SSSR count). The van der Waals surface area contributed by atoms with Crippen molar-refractivity contribution in [3.63, 3.8) is 0 Å². The Morgan fingerprint density at radius 1 is 0.905 bits per heavy atom. The molecule has 0 spiro atoms. The summed E-state index contributed by atoms with van der Waals surface area (Å²) < 4.78 is 14.8. The monoisotopic (exact) mass is 302 g/mol. The van der Waals surface area contributed by atoms with E-state index in [1.807, 2.05) is 0 Å². The largest absolute Gasteiger partial charge is 0.465 e. The van der Waals surface area contributed by atoms with Gasteiger partial charge < -0.3 is 19.1 Å². The van der Waals surface area contributed by atoms with Crippen LogP contribution in [-0.2, 0) is 23.8 Å². The lowest BCUT2D eigenvalue weighted by Crippen LogP contribution is -2.63. The van der Waals surface area contributed by atoms with Crippen LogP contribution in [0.4, 0.5) is 4.79 Å². The summed E-state index contributed by atoms with van der Waals surface area (Å²) in [6.07, 6.45) is -0.567. The van der Waals surface area contributed by atoms with E-state index in [0.29, 0.717) is 0 Å². The Morgan fingerprint density at radius 2 is 1.33 bits per heavy atom. The van der Waals surface area contributed by atoms with Gasteiger partial charge in [-0.05, 0) is 20.8 Å². The van der Waals surface area contributed by atoms with E-state index in [1.54, 1.807) is 20.8 Å². The molecule has 21 heavy (non-hydrogen) atoms. The Hall–Kier alpha value is -1.83. The minimum Gasteiger partial charge on any atom is -0.465 e. The van der Waals surface area contributed by atoms with Crippen LogP contribution < -0.4 is 5.32 Å². The number of carbonyl (C=O) groups is 3. The SMILES string of the molecule is CCOC(=O)C1CN(C(=O)OCC)CC(C(=O)OCC)N1. The van der Waals surface area contributed by atoms with Crippen molar-refractivity contribution in [3.8, 4) is 0 Å². The summed E-state index contributed by atoms with van der Waals surface area (Å²) in [5.41, 5.74) is 0. The molecule has 1 aliphatic rings. The molecule has 2 atom stereocenters. The van der Waals surface area contributed by atoms with Crippen molar-refractivity contribution in [1.29, 1.82) is 0 Å². The fourth-order valence-corrected chi connectivity index (χ4v) is 2.00. The van der Waals surface area contributed by atoms with Gasteiger partial charge in [-0.25, -0.2) is 4.79 Å². The van der Waals surface area contributed by atoms with Crippen molar-refractivity contribution in [1.82, 2.24) is 10.2 Å². The Balaban J connectivity index is 2.79. The Labute approximate surface area is 123 Å². The lowest BCUT2D eigenvalue weighted by molar-refractivity contribution is -0.151. The maximum atomic E-state index is 11.8. The normalized spacial score (nSPS) is 21.6. The second-order valence-corrected chi connectivity index (χ2v) is 4.38. The third kappa shape index (κ3) is 4.89. The molecule has 0 saturated carbocycles. The number of carbonyl (C=O) groups excluding carboxylic acids is 3. The van der Waals surface area contributed by atoms with Gasteiger partial charge in [0, 0.05) is 0 Å². The molecule has 0 aliphatic carbocycles. The summed E-state index contributed by atoms with van der Waals surface area (Å²) in [5, 5.41) is 2.85. The van der Waals surface area contributed by atoms with Crippen LogP contribution in [0.3, 0.4) is 0 Å². The molecule has 2 unspecified atom stereocenters. The highest BCUT2D eigenvalue weighted by molar-refractivity contribution is 5.82. The molecule has 1 saturated heterocycles. The number of rotatable bonds is 5. The fourth-order valence-electron chi connectivity index (χ4n) is 2.00. The number of hydrogen-bond donors (Lipinski definition) is 1. The number of nitrogens with one attached hydrogen (secondary N) is 1. The third-order valence-corrected chi connectivity index (χ3v) is 2.88. The predicted molar refractivity (Wildman–Crippen MR) is 72.6 cm³/mol. The lowest BCUT2D eigenvalue weighted by Gasteiger charge is -2.35. The highest BCUT2D eigenvalue weighted by Gasteiger charge is 2.38. The van der Waals surface area contributed by atoms with E-state index in [-0.39, 0.29) is 32.9 Å². The van der Waals surface area contributed by atoms with Crippen LogP contribution in [0.25, 0.3) is 0 Å². The molecule has 0 aromatic rings. The molecule has 1 N–H and O–H groups in total. The molecule has 1 amide bonds. The van der Waals surface area contributed by atoms with Crippen LogP contribution >= 0.6 is 0 Å². The molecule has 0 aromatic heterocycles. The van der Waals surface area contributed by atoms with Crippen LogP contribution in [0.5, 0.6) is 0 Å². The highest BCUT2D eigenvalue weighted by Crippen LogP contribution is 2.09. The Bertz CT molecular complexity index is 324. The van der Waals surface area contributed by atoms with Crippen molar-refractivity contribution in [2.75, 3.05) is 32.9 Å². The van der Waals surface area contributed by atoms with Crippen molar-refractivity contribution in [2.45, 2.75) is 32.9 Å². The van der Waals surface area contributed by atoms with Gasteiger partial charge in [-0.15, -0.1) is 0 Å². The number of ether oxygens (including phenoxy) is 3. The van der Waals surface area contributed by atoms with Gasteiger partial charge in [0.15, 0.2) is 0 Å². The number of nitrogens with zero attached hydrogens (tertiary/aromatic N) is 1. The first-order valence-electron chi connectivity index (χ1n) is 7.04. The maximum absolute atomic E-state index is 11.8. The zero-order valence-corrected chi connectivity index (χ0v) is 12.6. The van der Waals surface area contributed by atoms with Crippen LogP contribution in [0, 0.1) is 0 Å². The van der Waals surface area contributed by atoms with E-state index >= 15 is 0 Å². The average Bonchev–Trinajstić information content (AvgIpc) is 2.47. The highest BCUT2D eigenvalue weighted by atomic mass is 16.6. The van der Waals surface area contributed by atoms with E-state index in [1.165, 1.54) is 4.90 Å². The summed E-state index contributed by atoms with van der Waals surface area (Å²) in [7, 11) is 0. The Morgan fingerprint density at radius 3 is 1.71 bits per heavy atom. The number of hydrogen-bond acceptors (Lipinski definition) is 7. The standard InChI is InChI=1S/C13H22N2O6/c1-4-19-11(16)9-7-15(13(18)21-6-3)8-10(14-9)12(17)20-5-2/h9-10,14H,4-8H2,1-3H3. The first kappa shape index (κ1) is 17.2. The molecular formula is C13H22N2O6. The smallest absolute Gasteiger partial charge is 0.409 e. The summed E-state index contributed by atoms with van der Waals surface area (Å²) in [6.45, 7) is 5.91. The molecule has 1 aliphatic heterocycles. The van der Waals surface area contributed by atoms with E-state index in [4.69, 9.17) is 14.2 Å². The summed E-state index contributed by atoms with van der Waals surface area (Å²) in [4.78, 5) is 36.8. The van der Waals surface area contributed by atoms with Gasteiger partial charge in [0.1, 0.15) is 12.1 Å². The van der Waals surface area contributed by atoms with Gasteiger partial charge in [0.05, 0.1) is 32.9 Å². The average molecular weight is 302 g/mol. The molecule has 0 radical (unpaired) electrons. The van der Waals surface area contributed by atoms with Crippen LogP contribution in [0.2, 0.25) is 0 Å². The van der Waals surface area contributed by atoms with Gasteiger partial charge in [-0.3, -0.25) is 14.9 Å². The second-order valence-electron chi connectivity index (χ2n) is 4.38. The lowest BCUT2D eigenvalue weighted by atomic mass is 10.1. The van der Waals surface area contributed by atoms with Gasteiger partial charge in [0.25, 0.3) is 0 Å². The summed E-state index contributed by atoms with van der Waals surface area (Å²) in [5.74, 6) is -1.03. The molecule has 120 valence electrons. The van der Waals surface area contributed by atoms with E-state index in [9.17, 15) is 14.4 Å². The zero-order chi connectivity index (χ0) is 15.8. The van der Waals surface area contributed by atoms with Gasteiger partial charge in [0.2, 0.25) is 0 Å². The predicted octanol–water partition coefficient (Wildman–Crippen LogP) is -0.0885. The zero-order valence-electron chi connectivity index (χ0n) is 12.6. The van der Waals surface area contributed by atoms with Gasteiger partial charge in [-0.1, -0.05) is 0 Å². The van der Waals surface area contributed by atoms with Gasteiger partial charge >= 0.3 is 18.0 Å². The third-order valence-electron chi connectivity index (χ3n) is 2.88. The van der Waals surface area contributed by atoms with Crippen molar-refractivity contribution in [2.24, 2.45) is 0 Å².